The fourth-order valence-corrected chi connectivity index (χ4v) is 2.51. The Hall–Kier alpha value is -0.580. The molecule has 0 saturated heterocycles. The van der Waals surface area contributed by atoms with Crippen LogP contribution in [0.1, 0.15) is 38.9 Å². The number of benzene rings is 1. The number of rotatable bonds is 6. The first kappa shape index (κ1) is 15.5. The van der Waals surface area contributed by atoms with E-state index in [1.54, 1.807) is 12.1 Å². The molecule has 0 aromatic heterocycles. The Balaban J connectivity index is 2.94. The third-order valence-corrected chi connectivity index (χ3v) is 3.97. The quantitative estimate of drug-likeness (QED) is 0.750. The first-order valence-electron chi connectivity index (χ1n) is 6.02. The molecule has 1 atom stereocenters. The molecule has 3 nitrogen and oxygen atoms in total. The molecule has 1 rings (SSSR count). The molecular weight excluding hydrogens is 272 g/mol. The van der Waals surface area contributed by atoms with E-state index in [4.69, 9.17) is 15.4 Å². The Morgan fingerprint density at radius 2 is 1.78 bits per heavy atom. The van der Waals surface area contributed by atoms with Crippen LogP contribution in [-0.4, -0.2) is 15.0 Å². The van der Waals surface area contributed by atoms with Crippen LogP contribution in [0, 0.1) is 5.92 Å². The van der Waals surface area contributed by atoms with E-state index in [1.165, 1.54) is 12.1 Å². The second-order valence-electron chi connectivity index (χ2n) is 4.54. The van der Waals surface area contributed by atoms with Crippen molar-refractivity contribution in [3.05, 3.63) is 29.8 Å². The molecule has 102 valence electrons. The minimum absolute atomic E-state index is 0.0166. The van der Waals surface area contributed by atoms with Gasteiger partial charge in [-0.25, -0.2) is 8.42 Å². The maximum absolute atomic E-state index is 11.2. The third-order valence-electron chi connectivity index (χ3n) is 2.60. The lowest BCUT2D eigenvalue weighted by atomic mass is 9.99. The van der Waals surface area contributed by atoms with Crippen LogP contribution >= 0.6 is 10.7 Å². The van der Waals surface area contributed by atoms with Crippen molar-refractivity contribution in [3.8, 4) is 0 Å². The van der Waals surface area contributed by atoms with Gasteiger partial charge in [0.15, 0.2) is 0 Å². The molecular formula is C13H19ClO3S. The maximum Gasteiger partial charge on any atom is 0.261 e. The summed E-state index contributed by atoms with van der Waals surface area (Å²) in [5.41, 5.74) is 0.975. The summed E-state index contributed by atoms with van der Waals surface area (Å²) < 4.78 is 28.1. The standard InChI is InChI=1S/C13H19ClO3S/c1-4-9-17-13(10(2)3)11-5-7-12(8-6-11)18(14,15)16/h5-8,10,13H,4,9H2,1-3H3/t13-/m0/s1. The van der Waals surface area contributed by atoms with E-state index in [0.717, 1.165) is 12.0 Å². The van der Waals surface area contributed by atoms with Crippen molar-refractivity contribution in [1.82, 2.24) is 0 Å². The Kier molecular flexibility index (Phi) is 5.63. The van der Waals surface area contributed by atoms with Gasteiger partial charge in [0.25, 0.3) is 9.05 Å². The zero-order valence-corrected chi connectivity index (χ0v) is 12.5. The molecule has 0 N–H and O–H groups in total. The summed E-state index contributed by atoms with van der Waals surface area (Å²) in [5, 5.41) is 0. The molecule has 1 aromatic rings. The van der Waals surface area contributed by atoms with E-state index in [9.17, 15) is 8.42 Å². The predicted octanol–water partition coefficient (Wildman–Crippen LogP) is 3.74. The van der Waals surface area contributed by atoms with Gasteiger partial charge in [0.1, 0.15) is 0 Å². The number of hydrogen-bond donors (Lipinski definition) is 0. The van der Waals surface area contributed by atoms with Crippen molar-refractivity contribution in [2.75, 3.05) is 6.61 Å². The Morgan fingerprint density at radius 1 is 1.22 bits per heavy atom. The molecule has 0 unspecified atom stereocenters. The van der Waals surface area contributed by atoms with E-state index in [0.29, 0.717) is 12.5 Å². The van der Waals surface area contributed by atoms with Crippen molar-refractivity contribution >= 4 is 19.7 Å². The molecule has 0 fully saturated rings. The van der Waals surface area contributed by atoms with Gasteiger partial charge in [-0.3, -0.25) is 0 Å². The lowest BCUT2D eigenvalue weighted by Crippen LogP contribution is -2.12. The zero-order chi connectivity index (χ0) is 13.8. The molecule has 0 saturated carbocycles. The molecule has 0 spiro atoms. The molecule has 0 aliphatic carbocycles. The summed E-state index contributed by atoms with van der Waals surface area (Å²) in [6, 6.07) is 6.55. The molecule has 0 heterocycles. The maximum atomic E-state index is 11.2. The minimum atomic E-state index is -3.65. The first-order chi connectivity index (χ1) is 8.36. The van der Waals surface area contributed by atoms with Gasteiger partial charge >= 0.3 is 0 Å². The highest BCUT2D eigenvalue weighted by atomic mass is 35.7. The van der Waals surface area contributed by atoms with Gasteiger partial charge < -0.3 is 4.74 Å². The van der Waals surface area contributed by atoms with Gasteiger partial charge in [0.2, 0.25) is 0 Å². The average molecular weight is 291 g/mol. The summed E-state index contributed by atoms with van der Waals surface area (Å²) in [6.07, 6.45) is 0.939. The molecule has 1 aromatic carbocycles. The lowest BCUT2D eigenvalue weighted by molar-refractivity contribution is 0.0214. The first-order valence-corrected chi connectivity index (χ1v) is 8.33. The van der Waals surface area contributed by atoms with Crippen molar-refractivity contribution in [3.63, 3.8) is 0 Å². The van der Waals surface area contributed by atoms with E-state index in [1.807, 2.05) is 0 Å². The smallest absolute Gasteiger partial charge is 0.261 e. The second-order valence-corrected chi connectivity index (χ2v) is 7.11. The fraction of sp³-hybridized carbons (Fsp3) is 0.538. The van der Waals surface area contributed by atoms with E-state index >= 15 is 0 Å². The van der Waals surface area contributed by atoms with Crippen LogP contribution in [0.4, 0.5) is 0 Å². The van der Waals surface area contributed by atoms with Gasteiger partial charge in [0.05, 0.1) is 11.0 Å². The Labute approximate surface area is 114 Å². The molecule has 0 aliphatic heterocycles. The molecule has 0 bridgehead atoms. The summed E-state index contributed by atoms with van der Waals surface area (Å²) in [4.78, 5) is 0.117. The molecule has 5 heteroatoms. The van der Waals surface area contributed by atoms with Crippen LogP contribution in [0.3, 0.4) is 0 Å². The second kappa shape index (κ2) is 6.55. The average Bonchev–Trinajstić information content (AvgIpc) is 2.28. The van der Waals surface area contributed by atoms with Gasteiger partial charge in [-0.05, 0) is 30.0 Å². The van der Waals surface area contributed by atoms with Crippen LogP contribution in [0.2, 0.25) is 0 Å². The van der Waals surface area contributed by atoms with E-state index in [2.05, 4.69) is 20.8 Å². The van der Waals surface area contributed by atoms with Crippen molar-refractivity contribution in [1.29, 1.82) is 0 Å². The number of halogens is 1. The largest absolute Gasteiger partial charge is 0.373 e. The summed E-state index contributed by atoms with van der Waals surface area (Å²) in [5.74, 6) is 0.329. The summed E-state index contributed by atoms with van der Waals surface area (Å²) in [6.45, 7) is 6.90. The van der Waals surface area contributed by atoms with Gasteiger partial charge in [-0.1, -0.05) is 32.9 Å². The highest BCUT2D eigenvalue weighted by molar-refractivity contribution is 8.13. The zero-order valence-electron chi connectivity index (χ0n) is 10.9. The Morgan fingerprint density at radius 3 is 2.17 bits per heavy atom. The number of ether oxygens (including phenoxy) is 1. The van der Waals surface area contributed by atoms with Crippen molar-refractivity contribution < 1.29 is 13.2 Å². The summed E-state index contributed by atoms with van der Waals surface area (Å²) in [7, 11) is 1.63. The predicted molar refractivity (Wildman–Crippen MR) is 73.3 cm³/mol. The lowest BCUT2D eigenvalue weighted by Gasteiger charge is -2.22. The van der Waals surface area contributed by atoms with Crippen LogP contribution in [-0.2, 0) is 13.8 Å². The summed E-state index contributed by atoms with van der Waals surface area (Å²) >= 11 is 0. The molecule has 0 aliphatic rings. The topological polar surface area (TPSA) is 43.4 Å². The van der Waals surface area contributed by atoms with Gasteiger partial charge in [0, 0.05) is 17.3 Å². The third kappa shape index (κ3) is 4.26. The highest BCUT2D eigenvalue weighted by Crippen LogP contribution is 2.27. The monoisotopic (exact) mass is 290 g/mol. The van der Waals surface area contributed by atoms with Gasteiger partial charge in [-0.2, -0.15) is 0 Å². The highest BCUT2D eigenvalue weighted by Gasteiger charge is 2.17. The van der Waals surface area contributed by atoms with E-state index in [-0.39, 0.29) is 11.0 Å². The SMILES string of the molecule is CCCO[C@H](c1ccc(S(=O)(=O)Cl)cc1)C(C)C. The number of hydrogen-bond acceptors (Lipinski definition) is 3. The van der Waals surface area contributed by atoms with Gasteiger partial charge in [-0.15, -0.1) is 0 Å². The van der Waals surface area contributed by atoms with E-state index < -0.39 is 9.05 Å². The molecule has 0 radical (unpaired) electrons. The molecule has 0 amide bonds. The Bertz CT molecular complexity index is 466. The molecule has 18 heavy (non-hydrogen) atoms. The van der Waals surface area contributed by atoms with Crippen LogP contribution < -0.4 is 0 Å². The van der Waals surface area contributed by atoms with Crippen molar-refractivity contribution in [2.45, 2.75) is 38.2 Å². The van der Waals surface area contributed by atoms with Crippen LogP contribution in [0.5, 0.6) is 0 Å². The minimum Gasteiger partial charge on any atom is -0.373 e. The normalized spacial score (nSPS) is 13.8. The van der Waals surface area contributed by atoms with Crippen molar-refractivity contribution in [2.24, 2.45) is 5.92 Å². The van der Waals surface area contributed by atoms with Crippen LogP contribution in [0.15, 0.2) is 29.2 Å². The van der Waals surface area contributed by atoms with Crippen LogP contribution in [0.25, 0.3) is 0 Å². The fourth-order valence-electron chi connectivity index (χ4n) is 1.74.